The minimum Gasteiger partial charge on any atom is -0.489 e. The minimum absolute atomic E-state index is 0.00702. The quantitative estimate of drug-likeness (QED) is 0.276. The van der Waals surface area contributed by atoms with Crippen LogP contribution in [0.25, 0.3) is 0 Å². The van der Waals surface area contributed by atoms with E-state index in [-0.39, 0.29) is 16.2 Å². The van der Waals surface area contributed by atoms with Crippen LogP contribution in [0.3, 0.4) is 0 Å². The van der Waals surface area contributed by atoms with Crippen molar-refractivity contribution in [2.45, 2.75) is 6.61 Å². The van der Waals surface area contributed by atoms with Crippen LogP contribution in [0.2, 0.25) is 0 Å². The van der Waals surface area contributed by atoms with Crippen molar-refractivity contribution in [1.29, 1.82) is 0 Å². The summed E-state index contributed by atoms with van der Waals surface area (Å²) >= 11 is 5.34. The molecule has 0 aliphatic carbocycles. The number of hydrogen-bond acceptors (Lipinski definition) is 5. The second-order valence-corrected chi connectivity index (χ2v) is 8.63. The number of fused-ring (bicyclic) bond motifs is 1. The van der Waals surface area contributed by atoms with Crippen molar-refractivity contribution in [2.75, 3.05) is 10.2 Å². The molecule has 0 fully saturated rings. The first-order valence-corrected chi connectivity index (χ1v) is 11.9. The number of amides is 3. The van der Waals surface area contributed by atoms with Crippen molar-refractivity contribution in [3.05, 3.63) is 125 Å². The van der Waals surface area contributed by atoms with Gasteiger partial charge in [-0.05, 0) is 60.2 Å². The van der Waals surface area contributed by atoms with Crippen molar-refractivity contribution in [3.8, 4) is 5.75 Å². The zero-order valence-electron chi connectivity index (χ0n) is 19.5. The number of anilines is 2. The third kappa shape index (κ3) is 5.10. The van der Waals surface area contributed by atoms with Crippen molar-refractivity contribution < 1.29 is 19.1 Å². The number of carbonyl (C=O) groups excluding carboxylic acids is 3. The van der Waals surface area contributed by atoms with Crippen LogP contribution in [-0.2, 0) is 6.61 Å². The lowest BCUT2D eigenvalue weighted by Crippen LogP contribution is -2.34. The fraction of sp³-hybridized carbons (Fsp3) is 0.0345. The number of rotatable bonds is 6. The summed E-state index contributed by atoms with van der Waals surface area (Å²) in [7, 11) is 0. The largest absolute Gasteiger partial charge is 0.489 e. The monoisotopic (exact) mass is 507 g/mol. The molecule has 182 valence electrons. The Labute approximate surface area is 218 Å². The summed E-state index contributed by atoms with van der Waals surface area (Å²) in [6, 6.07) is 30.0. The molecule has 4 aromatic rings. The maximum atomic E-state index is 13.2. The van der Waals surface area contributed by atoms with E-state index in [2.05, 4.69) is 10.6 Å². The molecule has 0 bridgehead atoms. The summed E-state index contributed by atoms with van der Waals surface area (Å²) < 4.78 is 5.80. The van der Waals surface area contributed by atoms with E-state index in [1.54, 1.807) is 72.8 Å². The van der Waals surface area contributed by atoms with Crippen molar-refractivity contribution in [1.82, 2.24) is 5.32 Å². The zero-order chi connectivity index (χ0) is 25.8. The van der Waals surface area contributed by atoms with Gasteiger partial charge in [0, 0.05) is 5.56 Å². The summed E-state index contributed by atoms with van der Waals surface area (Å²) in [5.41, 5.74) is 2.64. The Morgan fingerprint density at radius 2 is 1.51 bits per heavy atom. The van der Waals surface area contributed by atoms with Gasteiger partial charge < -0.3 is 10.1 Å². The van der Waals surface area contributed by atoms with Gasteiger partial charge in [-0.1, -0.05) is 60.7 Å². The van der Waals surface area contributed by atoms with Crippen LogP contribution in [0.4, 0.5) is 11.4 Å². The number of hydrogen-bond donors (Lipinski definition) is 2. The first kappa shape index (κ1) is 23.9. The summed E-state index contributed by atoms with van der Waals surface area (Å²) in [5.74, 6) is -0.784. The smallest absolute Gasteiger partial charge is 0.268 e. The Bertz CT molecular complexity index is 1510. The SMILES string of the molecule is O=C(NC(=S)Nc1cccc2c1C(=O)N(c1ccccc1)C2=O)c1cccc(OCc2ccccc2)c1. The average Bonchev–Trinajstić information content (AvgIpc) is 3.19. The molecule has 2 N–H and O–H groups in total. The standard InChI is InChI=1S/C29H21N3O4S/c33-26(20-11-7-14-22(17-20)36-18-19-9-3-1-4-10-19)31-29(37)30-24-16-8-15-23-25(24)28(35)32(27(23)34)21-12-5-2-6-13-21/h1-17H,18H2,(H2,30,31,33,37). The fourth-order valence-corrected chi connectivity index (χ4v) is 4.20. The number of benzene rings is 4. The van der Waals surface area contributed by atoms with Gasteiger partial charge in [0.1, 0.15) is 12.4 Å². The number of ether oxygens (including phenoxy) is 1. The summed E-state index contributed by atoms with van der Waals surface area (Å²) in [6.45, 7) is 0.373. The van der Waals surface area contributed by atoms with Crippen LogP contribution >= 0.6 is 12.2 Å². The van der Waals surface area contributed by atoms with Crippen LogP contribution in [0.15, 0.2) is 103 Å². The maximum Gasteiger partial charge on any atom is 0.268 e. The first-order chi connectivity index (χ1) is 18.0. The van der Waals surface area contributed by atoms with Gasteiger partial charge in [-0.3, -0.25) is 19.7 Å². The van der Waals surface area contributed by atoms with Crippen LogP contribution in [-0.4, -0.2) is 22.8 Å². The number of para-hydroxylation sites is 1. The van der Waals surface area contributed by atoms with Gasteiger partial charge in [0.2, 0.25) is 0 Å². The molecular formula is C29H21N3O4S. The molecule has 0 unspecified atom stereocenters. The van der Waals surface area contributed by atoms with Crippen LogP contribution in [0, 0.1) is 0 Å². The molecule has 0 spiro atoms. The predicted molar refractivity (Wildman–Crippen MR) is 145 cm³/mol. The van der Waals surface area contributed by atoms with E-state index in [4.69, 9.17) is 17.0 Å². The zero-order valence-corrected chi connectivity index (χ0v) is 20.3. The second kappa shape index (κ2) is 10.4. The normalized spacial score (nSPS) is 12.2. The molecule has 0 aromatic heterocycles. The van der Waals surface area contributed by atoms with Gasteiger partial charge in [0.15, 0.2) is 5.11 Å². The molecule has 0 radical (unpaired) electrons. The van der Waals surface area contributed by atoms with Crippen molar-refractivity contribution >= 4 is 46.4 Å². The molecule has 3 amide bonds. The number of thiocarbonyl (C=S) groups is 1. The molecule has 4 aromatic carbocycles. The van der Waals surface area contributed by atoms with Gasteiger partial charge >= 0.3 is 0 Å². The second-order valence-electron chi connectivity index (χ2n) is 8.22. The lowest BCUT2D eigenvalue weighted by atomic mass is 10.1. The van der Waals surface area contributed by atoms with Gasteiger partial charge in [-0.2, -0.15) is 0 Å². The van der Waals surface area contributed by atoms with Gasteiger partial charge in [0.05, 0.1) is 22.5 Å². The molecular weight excluding hydrogens is 486 g/mol. The van der Waals surface area contributed by atoms with Crippen LogP contribution in [0.5, 0.6) is 5.75 Å². The fourth-order valence-electron chi connectivity index (χ4n) is 4.00. The summed E-state index contributed by atoms with van der Waals surface area (Å²) in [4.78, 5) is 40.1. The van der Waals surface area contributed by atoms with Gasteiger partial charge in [-0.25, -0.2) is 4.90 Å². The predicted octanol–water partition coefficient (Wildman–Crippen LogP) is 5.19. The van der Waals surface area contributed by atoms with Crippen molar-refractivity contribution in [2.24, 2.45) is 0 Å². The highest BCUT2D eigenvalue weighted by molar-refractivity contribution is 7.80. The number of nitrogens with zero attached hydrogens (tertiary/aromatic N) is 1. The topological polar surface area (TPSA) is 87.7 Å². The highest BCUT2D eigenvalue weighted by Gasteiger charge is 2.38. The molecule has 7 nitrogen and oxygen atoms in total. The van der Waals surface area contributed by atoms with Crippen LogP contribution < -0.4 is 20.3 Å². The van der Waals surface area contributed by atoms with Crippen molar-refractivity contribution in [3.63, 3.8) is 0 Å². The highest BCUT2D eigenvalue weighted by Crippen LogP contribution is 2.32. The Morgan fingerprint density at radius 1 is 0.811 bits per heavy atom. The Balaban J connectivity index is 1.27. The Hall–Kier alpha value is -4.82. The van der Waals surface area contributed by atoms with Crippen LogP contribution in [0.1, 0.15) is 36.6 Å². The summed E-state index contributed by atoms with van der Waals surface area (Å²) in [5, 5.41) is 5.51. The molecule has 0 saturated heterocycles. The van der Waals surface area contributed by atoms with Gasteiger partial charge in [-0.15, -0.1) is 0 Å². The number of nitrogens with one attached hydrogen (secondary N) is 2. The summed E-state index contributed by atoms with van der Waals surface area (Å²) in [6.07, 6.45) is 0. The molecule has 37 heavy (non-hydrogen) atoms. The number of imide groups is 1. The molecule has 0 atom stereocenters. The lowest BCUT2D eigenvalue weighted by Gasteiger charge is -2.14. The van der Waals surface area contributed by atoms with E-state index in [0.29, 0.717) is 29.3 Å². The Morgan fingerprint density at radius 3 is 2.27 bits per heavy atom. The van der Waals surface area contributed by atoms with E-state index in [0.717, 1.165) is 10.5 Å². The molecule has 8 heteroatoms. The molecule has 1 aliphatic heterocycles. The molecule has 5 rings (SSSR count). The third-order valence-electron chi connectivity index (χ3n) is 5.75. The van der Waals surface area contributed by atoms with E-state index >= 15 is 0 Å². The Kier molecular flexibility index (Phi) is 6.74. The molecule has 1 heterocycles. The maximum absolute atomic E-state index is 13.2. The molecule has 0 saturated carbocycles. The van der Waals surface area contributed by atoms with E-state index in [1.807, 2.05) is 30.3 Å². The first-order valence-electron chi connectivity index (χ1n) is 11.5. The highest BCUT2D eigenvalue weighted by atomic mass is 32.1. The van der Waals surface area contributed by atoms with E-state index in [9.17, 15) is 14.4 Å². The number of carbonyl (C=O) groups is 3. The van der Waals surface area contributed by atoms with E-state index < -0.39 is 17.7 Å². The van der Waals surface area contributed by atoms with Gasteiger partial charge in [0.25, 0.3) is 17.7 Å². The minimum atomic E-state index is -0.466. The third-order valence-corrected chi connectivity index (χ3v) is 5.95. The lowest BCUT2D eigenvalue weighted by molar-refractivity contribution is 0.0924. The average molecular weight is 508 g/mol. The molecule has 1 aliphatic rings. The van der Waals surface area contributed by atoms with E-state index in [1.165, 1.54) is 0 Å².